The van der Waals surface area contributed by atoms with Gasteiger partial charge in [0.05, 0.1) is 5.52 Å². The van der Waals surface area contributed by atoms with Gasteiger partial charge in [-0.15, -0.1) is 0 Å². The Balaban J connectivity index is 1.17. The minimum atomic E-state index is -0.116. The third kappa shape index (κ3) is 5.23. The average Bonchev–Trinajstić information content (AvgIpc) is 3.67. The molecular weight excluding hydrogens is 677 g/mol. The van der Waals surface area contributed by atoms with E-state index in [9.17, 15) is 0 Å². The summed E-state index contributed by atoms with van der Waals surface area (Å²) >= 11 is 0. The normalized spacial score (nSPS) is 13.3. The van der Waals surface area contributed by atoms with Crippen molar-refractivity contribution in [2.24, 2.45) is 0 Å². The van der Waals surface area contributed by atoms with Crippen molar-refractivity contribution < 1.29 is 0 Å². The number of para-hydroxylation sites is 1. The molecule has 0 fully saturated rings. The van der Waals surface area contributed by atoms with E-state index in [2.05, 4.69) is 221 Å². The summed E-state index contributed by atoms with van der Waals surface area (Å²) in [4.78, 5) is 2.46. The van der Waals surface area contributed by atoms with Crippen LogP contribution in [0.1, 0.15) is 51.3 Å². The zero-order valence-corrected chi connectivity index (χ0v) is 33.1. The van der Waals surface area contributed by atoms with Gasteiger partial charge >= 0.3 is 0 Å². The van der Waals surface area contributed by atoms with Crippen molar-refractivity contribution >= 4 is 49.6 Å². The molecule has 1 aromatic heterocycles. The van der Waals surface area contributed by atoms with E-state index in [1.807, 2.05) is 0 Å². The van der Waals surface area contributed by atoms with Gasteiger partial charge in [-0.05, 0) is 131 Å². The second-order valence-electron chi connectivity index (χ2n) is 17.0. The molecule has 272 valence electrons. The Labute approximate surface area is 330 Å². The number of nitrogens with zero attached hydrogens (tertiary/aromatic N) is 2. The maximum atomic E-state index is 2.51. The summed E-state index contributed by atoms with van der Waals surface area (Å²) in [5.41, 5.74) is 17.5. The first-order chi connectivity index (χ1) is 27.1. The fourth-order valence-corrected chi connectivity index (χ4v) is 9.58. The number of anilines is 3. The van der Waals surface area contributed by atoms with Gasteiger partial charge in [0.15, 0.2) is 0 Å². The number of fused-ring (bicyclic) bond motifs is 7. The Morgan fingerprint density at radius 3 is 1.89 bits per heavy atom. The van der Waals surface area contributed by atoms with Crippen LogP contribution in [0.15, 0.2) is 170 Å². The monoisotopic (exact) mass is 722 g/mol. The smallest absolute Gasteiger partial charge is 0.0517 e. The van der Waals surface area contributed by atoms with Crippen LogP contribution in [-0.4, -0.2) is 4.57 Å². The number of aryl methyl sites for hydroxylation is 1. The Morgan fingerprint density at radius 1 is 0.464 bits per heavy atom. The molecular formula is C54H46N2. The molecule has 0 amide bonds. The molecule has 0 radical (unpaired) electrons. The van der Waals surface area contributed by atoms with E-state index in [4.69, 9.17) is 0 Å². The topological polar surface area (TPSA) is 8.17 Å². The van der Waals surface area contributed by atoms with Crippen molar-refractivity contribution in [3.05, 3.63) is 187 Å². The second-order valence-corrected chi connectivity index (χ2v) is 17.0. The third-order valence-electron chi connectivity index (χ3n) is 12.2. The van der Waals surface area contributed by atoms with Gasteiger partial charge < -0.3 is 9.47 Å². The molecule has 56 heavy (non-hydrogen) atoms. The molecule has 1 aliphatic carbocycles. The van der Waals surface area contributed by atoms with Crippen molar-refractivity contribution in [1.82, 2.24) is 4.57 Å². The van der Waals surface area contributed by atoms with Crippen LogP contribution >= 0.6 is 0 Å². The first-order valence-electron chi connectivity index (χ1n) is 19.9. The number of rotatable bonds is 5. The largest absolute Gasteiger partial charge is 0.335 e. The van der Waals surface area contributed by atoms with Crippen molar-refractivity contribution in [2.75, 3.05) is 4.90 Å². The molecule has 0 saturated heterocycles. The molecule has 10 rings (SSSR count). The van der Waals surface area contributed by atoms with Crippen molar-refractivity contribution in [1.29, 1.82) is 0 Å². The van der Waals surface area contributed by atoms with Crippen molar-refractivity contribution in [3.8, 4) is 33.4 Å². The zero-order chi connectivity index (χ0) is 38.3. The standard InChI is InChI=1S/C54H46N2/c1-35-15-14-21-47-51(35)46-32-29-40(33-48(46)54(47,5)6)55(41-28-31-45-44-20-12-13-22-49(44)56(50(45)34-41)53(2,3)4)39-26-23-37(24-27-39)43-30-25-36-16-10-11-19-42(36)52(43)38-17-8-7-9-18-38/h7-34H,1-6H3. The third-order valence-corrected chi connectivity index (χ3v) is 12.2. The molecule has 1 heterocycles. The number of benzene rings is 8. The van der Waals surface area contributed by atoms with Gasteiger partial charge in [-0.1, -0.05) is 141 Å². The molecule has 2 nitrogen and oxygen atoms in total. The molecule has 0 spiro atoms. The number of hydrogen-bond acceptors (Lipinski definition) is 1. The molecule has 2 heteroatoms. The molecule has 0 atom stereocenters. The predicted molar refractivity (Wildman–Crippen MR) is 240 cm³/mol. The fraction of sp³-hybridized carbons (Fsp3) is 0.148. The van der Waals surface area contributed by atoms with E-state index in [0.717, 1.165) is 17.1 Å². The van der Waals surface area contributed by atoms with Crippen molar-refractivity contribution in [2.45, 2.75) is 52.5 Å². The van der Waals surface area contributed by atoms with Gasteiger partial charge in [-0.25, -0.2) is 0 Å². The second kappa shape index (κ2) is 12.6. The maximum Gasteiger partial charge on any atom is 0.0517 e. The summed E-state index contributed by atoms with van der Waals surface area (Å²) < 4.78 is 2.51. The Bertz CT molecular complexity index is 2970. The lowest BCUT2D eigenvalue weighted by Gasteiger charge is -2.29. The lowest BCUT2D eigenvalue weighted by atomic mass is 9.82. The van der Waals surface area contributed by atoms with Gasteiger partial charge in [0.2, 0.25) is 0 Å². The number of aromatic nitrogens is 1. The summed E-state index contributed by atoms with van der Waals surface area (Å²) in [6.07, 6.45) is 0. The van der Waals surface area contributed by atoms with Gasteiger partial charge in [0, 0.05) is 44.3 Å². The van der Waals surface area contributed by atoms with Gasteiger partial charge in [0.1, 0.15) is 0 Å². The van der Waals surface area contributed by atoms with Crippen LogP contribution in [0.4, 0.5) is 17.1 Å². The molecule has 9 aromatic rings. The predicted octanol–water partition coefficient (Wildman–Crippen LogP) is 15.1. The summed E-state index contributed by atoms with van der Waals surface area (Å²) in [6.45, 7) is 13.9. The van der Waals surface area contributed by atoms with E-state index < -0.39 is 0 Å². The summed E-state index contributed by atoms with van der Waals surface area (Å²) in [7, 11) is 0. The van der Waals surface area contributed by atoms with E-state index in [1.165, 1.54) is 82.6 Å². The van der Waals surface area contributed by atoms with E-state index in [1.54, 1.807) is 0 Å². The molecule has 0 saturated carbocycles. The van der Waals surface area contributed by atoms with E-state index in [-0.39, 0.29) is 11.0 Å². The maximum absolute atomic E-state index is 2.51. The molecule has 0 unspecified atom stereocenters. The Hall–Kier alpha value is -6.38. The first-order valence-corrected chi connectivity index (χ1v) is 19.9. The van der Waals surface area contributed by atoms with Crippen LogP contribution in [0.3, 0.4) is 0 Å². The highest BCUT2D eigenvalue weighted by Crippen LogP contribution is 2.52. The zero-order valence-electron chi connectivity index (χ0n) is 33.1. The minimum absolute atomic E-state index is 0.107. The quantitative estimate of drug-likeness (QED) is 0.172. The lowest BCUT2D eigenvalue weighted by molar-refractivity contribution is 0.423. The van der Waals surface area contributed by atoms with Gasteiger partial charge in [0.25, 0.3) is 0 Å². The Morgan fingerprint density at radius 2 is 1.11 bits per heavy atom. The molecule has 0 aliphatic heterocycles. The summed E-state index contributed by atoms with van der Waals surface area (Å²) in [5, 5.41) is 5.08. The first kappa shape index (κ1) is 34.1. The number of hydrogen-bond donors (Lipinski definition) is 0. The fourth-order valence-electron chi connectivity index (χ4n) is 9.58. The Kier molecular flexibility index (Phi) is 7.67. The van der Waals surface area contributed by atoms with Crippen LogP contribution in [-0.2, 0) is 11.0 Å². The molecule has 0 N–H and O–H groups in total. The van der Waals surface area contributed by atoms with Crippen LogP contribution in [0.2, 0.25) is 0 Å². The lowest BCUT2D eigenvalue weighted by Crippen LogP contribution is -2.21. The highest BCUT2D eigenvalue weighted by molar-refractivity contribution is 6.10. The highest BCUT2D eigenvalue weighted by Gasteiger charge is 2.37. The summed E-state index contributed by atoms with van der Waals surface area (Å²) in [5.74, 6) is 0. The van der Waals surface area contributed by atoms with Crippen LogP contribution in [0.5, 0.6) is 0 Å². The van der Waals surface area contributed by atoms with E-state index >= 15 is 0 Å². The molecule has 1 aliphatic rings. The average molecular weight is 723 g/mol. The molecule has 8 aromatic carbocycles. The minimum Gasteiger partial charge on any atom is -0.335 e. The van der Waals surface area contributed by atoms with Crippen molar-refractivity contribution in [3.63, 3.8) is 0 Å². The SMILES string of the molecule is Cc1cccc2c1-c1ccc(N(c3ccc(-c4ccc5ccccc5c4-c4ccccc4)cc3)c3ccc4c5ccccc5n(C(C)(C)C)c4c3)cc1C2(C)C. The highest BCUT2D eigenvalue weighted by atomic mass is 15.1. The van der Waals surface area contributed by atoms with Crippen LogP contribution in [0.25, 0.3) is 66.0 Å². The molecule has 0 bridgehead atoms. The van der Waals surface area contributed by atoms with Gasteiger partial charge in [-0.3, -0.25) is 0 Å². The van der Waals surface area contributed by atoms with E-state index in [0.29, 0.717) is 0 Å². The van der Waals surface area contributed by atoms with Crippen LogP contribution in [0, 0.1) is 6.92 Å². The van der Waals surface area contributed by atoms with Gasteiger partial charge in [-0.2, -0.15) is 0 Å². The van der Waals surface area contributed by atoms with Crippen LogP contribution < -0.4 is 4.90 Å². The summed E-state index contributed by atoms with van der Waals surface area (Å²) in [6, 6.07) is 63.1.